The minimum atomic E-state index is -0.365. The van der Waals surface area contributed by atoms with Crippen molar-refractivity contribution in [2.75, 3.05) is 13.2 Å². The monoisotopic (exact) mass is 240 g/mol. The Bertz CT molecular complexity index is 409. The van der Waals surface area contributed by atoms with Crippen LogP contribution in [0.5, 0.6) is 0 Å². The molecule has 0 spiro atoms. The molecule has 0 saturated heterocycles. The zero-order valence-corrected chi connectivity index (χ0v) is 10.1. The van der Waals surface area contributed by atoms with Crippen molar-refractivity contribution < 1.29 is 9.84 Å². The third kappa shape index (κ3) is 2.81. The number of fused-ring (bicyclic) bond motifs is 1. The summed E-state index contributed by atoms with van der Waals surface area (Å²) in [5.41, 5.74) is 0.941. The van der Waals surface area contributed by atoms with E-state index < -0.39 is 0 Å². The van der Waals surface area contributed by atoms with Crippen molar-refractivity contribution in [2.45, 2.75) is 25.9 Å². The van der Waals surface area contributed by atoms with Gasteiger partial charge in [-0.05, 0) is 13.3 Å². The molecule has 0 aliphatic rings. The number of ether oxygens (including phenoxy) is 1. The van der Waals surface area contributed by atoms with Gasteiger partial charge in [-0.2, -0.15) is 0 Å². The molecule has 0 fully saturated rings. The first-order valence-electron chi connectivity index (χ1n) is 5.46. The molecule has 5 heteroatoms. The van der Waals surface area contributed by atoms with E-state index in [1.807, 2.05) is 29.1 Å². The fourth-order valence-corrected chi connectivity index (χ4v) is 2.30. The van der Waals surface area contributed by atoms with Gasteiger partial charge in [-0.25, -0.2) is 4.98 Å². The quantitative estimate of drug-likeness (QED) is 0.782. The van der Waals surface area contributed by atoms with Crippen molar-refractivity contribution >= 4 is 16.3 Å². The van der Waals surface area contributed by atoms with Crippen LogP contribution in [0.1, 0.15) is 19.0 Å². The van der Waals surface area contributed by atoms with E-state index >= 15 is 0 Å². The normalized spacial score (nSPS) is 13.4. The Morgan fingerprint density at radius 1 is 1.62 bits per heavy atom. The van der Waals surface area contributed by atoms with Crippen LogP contribution >= 0.6 is 11.3 Å². The summed E-state index contributed by atoms with van der Waals surface area (Å²) in [5, 5.41) is 11.8. The molecule has 1 atom stereocenters. The lowest BCUT2D eigenvalue weighted by molar-refractivity contribution is 0.0883. The molecule has 0 radical (unpaired) electrons. The van der Waals surface area contributed by atoms with Gasteiger partial charge in [-0.1, -0.05) is 0 Å². The van der Waals surface area contributed by atoms with Gasteiger partial charge in [0, 0.05) is 37.4 Å². The molecule has 0 saturated carbocycles. The number of imidazole rings is 1. The standard InChI is InChI=1S/C11H16N2O2S/c1-2-15-5-3-10(14)7-9-8-13-4-6-16-11(13)12-9/h4,6,8,10,14H,2-3,5,7H2,1H3. The lowest BCUT2D eigenvalue weighted by atomic mass is 10.1. The van der Waals surface area contributed by atoms with Crippen LogP contribution in [0.2, 0.25) is 0 Å². The van der Waals surface area contributed by atoms with E-state index in [-0.39, 0.29) is 6.10 Å². The lowest BCUT2D eigenvalue weighted by Crippen LogP contribution is -2.13. The summed E-state index contributed by atoms with van der Waals surface area (Å²) in [7, 11) is 0. The van der Waals surface area contributed by atoms with E-state index in [9.17, 15) is 5.11 Å². The smallest absolute Gasteiger partial charge is 0.193 e. The molecule has 2 aromatic heterocycles. The van der Waals surface area contributed by atoms with Gasteiger partial charge in [-0.15, -0.1) is 11.3 Å². The van der Waals surface area contributed by atoms with E-state index in [0.29, 0.717) is 26.1 Å². The van der Waals surface area contributed by atoms with Crippen molar-refractivity contribution in [3.63, 3.8) is 0 Å². The van der Waals surface area contributed by atoms with Crippen molar-refractivity contribution in [1.29, 1.82) is 0 Å². The van der Waals surface area contributed by atoms with Gasteiger partial charge in [0.15, 0.2) is 4.96 Å². The molecule has 0 amide bonds. The first-order chi connectivity index (χ1) is 7.79. The summed E-state index contributed by atoms with van der Waals surface area (Å²) in [6.45, 7) is 3.27. The maximum absolute atomic E-state index is 9.77. The Morgan fingerprint density at radius 3 is 3.25 bits per heavy atom. The van der Waals surface area contributed by atoms with Gasteiger partial charge in [-0.3, -0.25) is 4.40 Å². The highest BCUT2D eigenvalue weighted by Crippen LogP contribution is 2.13. The van der Waals surface area contributed by atoms with E-state index in [4.69, 9.17) is 4.74 Å². The molecule has 16 heavy (non-hydrogen) atoms. The highest BCUT2D eigenvalue weighted by Gasteiger charge is 2.09. The molecule has 88 valence electrons. The Hall–Kier alpha value is -0.910. The zero-order chi connectivity index (χ0) is 11.4. The number of rotatable bonds is 6. The number of aliphatic hydroxyl groups excluding tert-OH is 1. The molecule has 2 heterocycles. The molecule has 1 N–H and O–H groups in total. The van der Waals surface area contributed by atoms with Gasteiger partial charge < -0.3 is 9.84 Å². The number of aliphatic hydroxyl groups is 1. The number of hydrogen-bond donors (Lipinski definition) is 1. The van der Waals surface area contributed by atoms with E-state index in [1.54, 1.807) is 11.3 Å². The Balaban J connectivity index is 1.86. The van der Waals surface area contributed by atoms with Crippen molar-refractivity contribution in [1.82, 2.24) is 9.38 Å². The predicted molar refractivity (Wildman–Crippen MR) is 63.9 cm³/mol. The van der Waals surface area contributed by atoms with Crippen LogP contribution in [0.3, 0.4) is 0 Å². The molecule has 0 aliphatic carbocycles. The summed E-state index contributed by atoms with van der Waals surface area (Å²) < 4.78 is 7.18. The van der Waals surface area contributed by atoms with Crippen molar-refractivity contribution in [3.05, 3.63) is 23.5 Å². The van der Waals surface area contributed by atoms with Gasteiger partial charge in [0.05, 0.1) is 11.8 Å². The number of aromatic nitrogens is 2. The Morgan fingerprint density at radius 2 is 2.50 bits per heavy atom. The maximum Gasteiger partial charge on any atom is 0.193 e. The highest BCUT2D eigenvalue weighted by molar-refractivity contribution is 7.15. The van der Waals surface area contributed by atoms with E-state index in [0.717, 1.165) is 10.7 Å². The topological polar surface area (TPSA) is 46.8 Å². The molecule has 2 aromatic rings. The summed E-state index contributed by atoms with van der Waals surface area (Å²) in [6, 6.07) is 0. The highest BCUT2D eigenvalue weighted by atomic mass is 32.1. The molecule has 0 bridgehead atoms. The summed E-state index contributed by atoms with van der Waals surface area (Å²) in [4.78, 5) is 5.40. The fourth-order valence-electron chi connectivity index (χ4n) is 1.58. The predicted octanol–water partition coefficient (Wildman–Crippen LogP) is 1.73. The van der Waals surface area contributed by atoms with Crippen LogP contribution < -0.4 is 0 Å². The third-order valence-electron chi connectivity index (χ3n) is 2.39. The number of hydrogen-bond acceptors (Lipinski definition) is 4. The fraction of sp³-hybridized carbons (Fsp3) is 0.545. The molecule has 2 rings (SSSR count). The van der Waals surface area contributed by atoms with Gasteiger partial charge in [0.25, 0.3) is 0 Å². The van der Waals surface area contributed by atoms with Crippen LogP contribution in [0.4, 0.5) is 0 Å². The Kier molecular flexibility index (Phi) is 3.93. The largest absolute Gasteiger partial charge is 0.393 e. The summed E-state index contributed by atoms with van der Waals surface area (Å²) >= 11 is 1.60. The van der Waals surface area contributed by atoms with Crippen LogP contribution in [-0.2, 0) is 11.2 Å². The minimum absolute atomic E-state index is 0.365. The molecular weight excluding hydrogens is 224 g/mol. The second-order valence-corrected chi connectivity index (χ2v) is 4.54. The second kappa shape index (κ2) is 5.43. The molecular formula is C11H16N2O2S. The second-order valence-electron chi connectivity index (χ2n) is 3.67. The van der Waals surface area contributed by atoms with Gasteiger partial charge >= 0.3 is 0 Å². The van der Waals surface area contributed by atoms with Crippen LogP contribution in [-0.4, -0.2) is 33.8 Å². The van der Waals surface area contributed by atoms with Gasteiger partial charge in [0.2, 0.25) is 0 Å². The summed E-state index contributed by atoms with van der Waals surface area (Å²) in [6.07, 6.45) is 4.84. The average Bonchev–Trinajstić information content (AvgIpc) is 2.78. The minimum Gasteiger partial charge on any atom is -0.393 e. The van der Waals surface area contributed by atoms with Gasteiger partial charge in [0.1, 0.15) is 0 Å². The lowest BCUT2D eigenvalue weighted by Gasteiger charge is -2.08. The van der Waals surface area contributed by atoms with E-state index in [1.165, 1.54) is 0 Å². The first-order valence-corrected chi connectivity index (χ1v) is 6.34. The van der Waals surface area contributed by atoms with Crippen molar-refractivity contribution in [3.8, 4) is 0 Å². The Labute approximate surface area is 98.5 Å². The molecule has 1 unspecified atom stereocenters. The summed E-state index contributed by atoms with van der Waals surface area (Å²) in [5.74, 6) is 0. The maximum atomic E-state index is 9.77. The van der Waals surface area contributed by atoms with Crippen LogP contribution in [0, 0.1) is 0 Å². The third-order valence-corrected chi connectivity index (χ3v) is 3.16. The average molecular weight is 240 g/mol. The van der Waals surface area contributed by atoms with Crippen LogP contribution in [0.15, 0.2) is 17.8 Å². The molecule has 0 aliphatic heterocycles. The molecule has 0 aromatic carbocycles. The number of thiazole rings is 1. The zero-order valence-electron chi connectivity index (χ0n) is 9.30. The van der Waals surface area contributed by atoms with Crippen LogP contribution in [0.25, 0.3) is 4.96 Å². The number of nitrogens with zero attached hydrogens (tertiary/aromatic N) is 2. The van der Waals surface area contributed by atoms with Crippen molar-refractivity contribution in [2.24, 2.45) is 0 Å². The van der Waals surface area contributed by atoms with E-state index in [2.05, 4.69) is 4.98 Å². The SMILES string of the molecule is CCOCCC(O)Cc1cn2ccsc2n1. The molecule has 4 nitrogen and oxygen atoms in total. The first kappa shape index (κ1) is 11.6.